The van der Waals surface area contributed by atoms with Crippen LogP contribution in [0.2, 0.25) is 0 Å². The zero-order valence-electron chi connectivity index (χ0n) is 32.3. The van der Waals surface area contributed by atoms with E-state index in [0.717, 1.165) is 7.11 Å². The number of carbonyl (C=O) groups is 1. The highest BCUT2D eigenvalue weighted by molar-refractivity contribution is 5.77. The third kappa shape index (κ3) is 4.49. The molecule has 3 heterocycles. The number of nitriles is 1. The molecule has 1 atom stereocenters. The SMILES string of the molecule is [2H]C([2H])([2H])C([2H])(C([2H])([2H])[2H])[C@@]1([2H])N(C(=O)CCOC)C([2H])([2H])C([2H])([2H])N(c2nc(C3CC3)c3c(c2C#N)CC(C)(C)OC3)C1([2H])[2H]. The first-order valence-electron chi connectivity index (χ1n) is 17.4. The van der Waals surface area contributed by atoms with E-state index < -0.39 is 85.9 Å². The predicted molar refractivity (Wildman–Crippen MR) is 123 cm³/mol. The first-order valence-corrected chi connectivity index (χ1v) is 10.4. The first-order chi connectivity index (χ1) is 20.7. The van der Waals surface area contributed by atoms with Gasteiger partial charge in [0.05, 0.1) is 52.1 Å². The Balaban J connectivity index is 2.19. The molecule has 7 nitrogen and oxygen atoms in total. The molecule has 1 aromatic heterocycles. The van der Waals surface area contributed by atoms with E-state index in [0.29, 0.717) is 29.7 Å². The van der Waals surface area contributed by atoms with E-state index in [-0.39, 0.29) is 23.8 Å². The van der Waals surface area contributed by atoms with Crippen molar-refractivity contribution >= 4 is 11.7 Å². The molecule has 1 aliphatic carbocycles. The lowest BCUT2D eigenvalue weighted by Gasteiger charge is -2.44. The largest absolute Gasteiger partial charge is 0.384 e. The van der Waals surface area contributed by atoms with Crippen molar-refractivity contribution in [2.24, 2.45) is 5.89 Å². The number of hydrogen-bond acceptors (Lipinski definition) is 6. The van der Waals surface area contributed by atoms with Crippen molar-refractivity contribution in [3.05, 3.63) is 22.4 Å². The summed E-state index contributed by atoms with van der Waals surface area (Å²) in [5.41, 5.74) is -0.147. The van der Waals surface area contributed by atoms with Crippen LogP contribution in [0.15, 0.2) is 0 Å². The lowest BCUT2D eigenvalue weighted by atomic mass is 9.87. The highest BCUT2D eigenvalue weighted by Crippen LogP contribution is 2.46. The van der Waals surface area contributed by atoms with Gasteiger partial charge < -0.3 is 19.3 Å². The van der Waals surface area contributed by atoms with Crippen LogP contribution in [0.4, 0.5) is 5.82 Å². The topological polar surface area (TPSA) is 78.7 Å². The van der Waals surface area contributed by atoms with Crippen molar-refractivity contribution in [1.29, 1.82) is 5.26 Å². The number of aromatic nitrogens is 1. The maximum atomic E-state index is 13.6. The maximum Gasteiger partial charge on any atom is 0.225 e. The molecule has 0 bridgehead atoms. The number of nitrogens with zero attached hydrogens (tertiary/aromatic N) is 4. The van der Waals surface area contributed by atoms with Gasteiger partial charge in [0.2, 0.25) is 5.91 Å². The number of fused-ring (bicyclic) bond motifs is 1. The van der Waals surface area contributed by atoms with Crippen molar-refractivity contribution in [2.45, 2.75) is 77.4 Å². The van der Waals surface area contributed by atoms with Gasteiger partial charge in [0.15, 0.2) is 0 Å². The summed E-state index contributed by atoms with van der Waals surface area (Å²) >= 11 is 0. The van der Waals surface area contributed by atoms with Gasteiger partial charge in [0.25, 0.3) is 0 Å². The number of ether oxygens (including phenoxy) is 2. The van der Waals surface area contributed by atoms with Crippen LogP contribution in [0.25, 0.3) is 0 Å². The molecule has 1 amide bonds. The highest BCUT2D eigenvalue weighted by Gasteiger charge is 2.39. The third-order valence-corrected chi connectivity index (χ3v) is 5.64. The Kier molecular flexibility index (Phi) is 3.18. The van der Waals surface area contributed by atoms with E-state index >= 15 is 0 Å². The van der Waals surface area contributed by atoms with Crippen molar-refractivity contribution in [3.8, 4) is 6.07 Å². The minimum atomic E-state index is -4.29. The van der Waals surface area contributed by atoms with Crippen molar-refractivity contribution in [3.63, 3.8) is 0 Å². The summed E-state index contributed by atoms with van der Waals surface area (Å²) in [6.07, 6.45) is 0.482. The van der Waals surface area contributed by atoms with Gasteiger partial charge in [-0.3, -0.25) is 4.79 Å². The van der Waals surface area contributed by atoms with E-state index in [4.69, 9.17) is 24.6 Å². The van der Waals surface area contributed by atoms with Crippen LogP contribution in [0, 0.1) is 17.2 Å². The number of amides is 1. The van der Waals surface area contributed by atoms with Crippen molar-refractivity contribution < 1.29 is 33.5 Å². The van der Waals surface area contributed by atoms with Gasteiger partial charge in [0.1, 0.15) is 11.9 Å². The second-order valence-electron chi connectivity index (χ2n) is 8.63. The normalized spacial score (nSPS) is 37.2. The molecule has 1 saturated carbocycles. The van der Waals surface area contributed by atoms with Gasteiger partial charge in [-0.25, -0.2) is 4.98 Å². The van der Waals surface area contributed by atoms with Crippen LogP contribution in [-0.4, -0.2) is 60.6 Å². The molecule has 0 radical (unpaired) electrons. The second kappa shape index (κ2) is 8.99. The van der Waals surface area contributed by atoms with Crippen LogP contribution >= 0.6 is 0 Å². The van der Waals surface area contributed by atoms with Gasteiger partial charge in [-0.15, -0.1) is 0 Å². The van der Waals surface area contributed by atoms with Gasteiger partial charge >= 0.3 is 0 Å². The van der Waals surface area contributed by atoms with E-state index in [2.05, 4.69) is 4.98 Å². The Labute approximate surface area is 211 Å². The average molecular weight is 455 g/mol. The molecular formula is C25H36N4O3. The summed E-state index contributed by atoms with van der Waals surface area (Å²) in [5, 5.41) is 10.4. The van der Waals surface area contributed by atoms with E-state index in [9.17, 15) is 14.2 Å². The van der Waals surface area contributed by atoms with Crippen LogP contribution in [0.3, 0.4) is 0 Å². The Morgan fingerprint density at radius 2 is 2.25 bits per heavy atom. The van der Waals surface area contributed by atoms with E-state index in [1.54, 1.807) is 13.8 Å². The second-order valence-corrected chi connectivity index (χ2v) is 8.63. The minimum absolute atomic E-state index is 0.00876. The van der Waals surface area contributed by atoms with Crippen molar-refractivity contribution in [2.75, 3.05) is 38.1 Å². The van der Waals surface area contributed by atoms with Crippen LogP contribution in [0.5, 0.6) is 0 Å². The third-order valence-electron chi connectivity index (χ3n) is 5.64. The van der Waals surface area contributed by atoms with Crippen LogP contribution in [0.1, 0.15) is 94.3 Å². The summed E-state index contributed by atoms with van der Waals surface area (Å²) < 4.78 is 132. The summed E-state index contributed by atoms with van der Waals surface area (Å²) in [6, 6.07) is -2.34. The predicted octanol–water partition coefficient (Wildman–Crippen LogP) is 3.39. The number of carbonyl (C=O) groups excluding carboxylic acids is 1. The molecule has 4 rings (SSSR count). The maximum absolute atomic E-state index is 13.6. The molecule has 0 spiro atoms. The first kappa shape index (κ1) is 11.3. The lowest BCUT2D eigenvalue weighted by molar-refractivity contribution is -0.135. The Morgan fingerprint density at radius 1 is 1.47 bits per heavy atom. The molecule has 0 N–H and O–H groups in total. The molecule has 0 unspecified atom stereocenters. The molecule has 1 saturated heterocycles. The fourth-order valence-electron chi connectivity index (χ4n) is 3.85. The number of pyridine rings is 1. The zero-order valence-corrected chi connectivity index (χ0v) is 18.3. The number of hydrogen-bond donors (Lipinski definition) is 0. The van der Waals surface area contributed by atoms with E-state index in [1.165, 1.54) is 0 Å². The lowest BCUT2D eigenvalue weighted by Crippen LogP contribution is -2.57. The van der Waals surface area contributed by atoms with Gasteiger partial charge in [-0.1, -0.05) is 13.7 Å². The number of piperazine rings is 1. The summed E-state index contributed by atoms with van der Waals surface area (Å²) in [5.74, 6) is -6.89. The smallest absolute Gasteiger partial charge is 0.225 e. The molecule has 3 aliphatic rings. The fourth-order valence-corrected chi connectivity index (χ4v) is 3.85. The molecule has 2 fully saturated rings. The molecular weight excluding hydrogens is 404 g/mol. The standard InChI is InChI=1S/C25H36N4O3/c1-16(2)21-14-28(9-10-29(21)22(30)8-11-31-5)24-19(13-26)18-12-25(3,4)32-15-20(18)23(27-24)17-6-7-17/h16-17,21H,6-12,14-15H2,1-5H3/t21-/m0/s1/i1D3,2D3,9D2,10D2,14D2,16D,21D. The van der Waals surface area contributed by atoms with Gasteiger partial charge in [-0.2, -0.15) is 5.26 Å². The molecule has 2 aliphatic heterocycles. The van der Waals surface area contributed by atoms with Crippen LogP contribution in [-0.2, 0) is 27.3 Å². The molecule has 0 aromatic carbocycles. The highest BCUT2D eigenvalue weighted by atomic mass is 16.5. The molecule has 32 heavy (non-hydrogen) atoms. The monoisotopic (exact) mass is 454 g/mol. The van der Waals surface area contributed by atoms with Crippen LogP contribution < -0.4 is 4.90 Å². The number of methoxy groups -OCH3 is 1. The molecule has 174 valence electrons. The molecule has 7 heteroatoms. The molecule has 1 aromatic rings. The quantitative estimate of drug-likeness (QED) is 0.656. The summed E-state index contributed by atoms with van der Waals surface area (Å²) in [4.78, 5) is 17.7. The summed E-state index contributed by atoms with van der Waals surface area (Å²) in [6.45, 7) is -16.8. The fraction of sp³-hybridized carbons (Fsp3) is 0.720. The Hall–Kier alpha value is -2.17. The van der Waals surface area contributed by atoms with E-state index in [1.807, 2.05) is 6.07 Å². The Bertz CT molecular complexity index is 1440. The number of anilines is 1. The number of rotatable bonds is 6. The zero-order chi connectivity index (χ0) is 35.3. The van der Waals surface area contributed by atoms with Gasteiger partial charge in [-0.05, 0) is 38.1 Å². The Morgan fingerprint density at radius 3 is 2.91 bits per heavy atom. The summed E-state index contributed by atoms with van der Waals surface area (Å²) in [7, 11) is 1.15. The van der Waals surface area contributed by atoms with Crippen molar-refractivity contribution in [1.82, 2.24) is 9.88 Å². The average Bonchev–Trinajstić information content (AvgIpc) is 3.73. The van der Waals surface area contributed by atoms with Gasteiger partial charge in [0, 0.05) is 54.1 Å². The minimum Gasteiger partial charge on any atom is -0.384 e.